The van der Waals surface area contributed by atoms with E-state index in [-0.39, 0.29) is 0 Å². The van der Waals surface area contributed by atoms with E-state index in [0.717, 1.165) is 24.3 Å². The zero-order valence-corrected chi connectivity index (χ0v) is 7.84. The molecule has 1 heteroatoms. The molecule has 11 heavy (non-hydrogen) atoms. The van der Waals surface area contributed by atoms with E-state index in [1.165, 1.54) is 25.7 Å². The summed E-state index contributed by atoms with van der Waals surface area (Å²) < 4.78 is 0. The van der Waals surface area contributed by atoms with Gasteiger partial charge in [-0.05, 0) is 30.7 Å². The maximum Gasteiger partial charge on any atom is -0.00745 e. The summed E-state index contributed by atoms with van der Waals surface area (Å²) in [6.45, 7) is 5.65. The lowest BCUT2D eigenvalue weighted by Crippen LogP contribution is -2.25. The Morgan fingerprint density at radius 2 is 2.00 bits per heavy atom. The van der Waals surface area contributed by atoms with Gasteiger partial charge in [0.15, 0.2) is 0 Å². The van der Waals surface area contributed by atoms with Crippen LogP contribution in [0.4, 0.5) is 0 Å². The van der Waals surface area contributed by atoms with Crippen LogP contribution in [0.2, 0.25) is 0 Å². The molecule has 0 amide bonds. The second-order valence-corrected chi connectivity index (χ2v) is 4.10. The summed E-state index contributed by atoms with van der Waals surface area (Å²) in [5.41, 5.74) is 5.57. The van der Waals surface area contributed by atoms with Crippen molar-refractivity contribution in [3.05, 3.63) is 0 Å². The largest absolute Gasteiger partial charge is 0.330 e. The lowest BCUT2D eigenvalue weighted by atomic mass is 9.72. The van der Waals surface area contributed by atoms with Crippen molar-refractivity contribution in [3.63, 3.8) is 0 Å². The first-order valence-corrected chi connectivity index (χ1v) is 4.95. The highest BCUT2D eigenvalue weighted by Crippen LogP contribution is 2.35. The molecule has 0 aromatic rings. The molecule has 0 radical (unpaired) electrons. The average Bonchev–Trinajstić information content (AvgIpc) is 1.99. The number of nitrogens with two attached hydrogens (primary N) is 1. The molecular weight excluding hydrogens is 134 g/mol. The minimum Gasteiger partial charge on any atom is -0.330 e. The Balaban J connectivity index is 2.38. The van der Waals surface area contributed by atoms with Crippen LogP contribution >= 0.6 is 0 Å². The fourth-order valence-electron chi connectivity index (χ4n) is 2.31. The van der Waals surface area contributed by atoms with Crippen LogP contribution < -0.4 is 5.73 Å². The predicted molar refractivity (Wildman–Crippen MR) is 49.3 cm³/mol. The summed E-state index contributed by atoms with van der Waals surface area (Å²) in [4.78, 5) is 0. The molecule has 2 N–H and O–H groups in total. The standard InChI is InChI=1S/C10H21N/c1-8-4-3-5-10(6-7-11)9(8)2/h8-10H,3-7,11H2,1-2H3. The topological polar surface area (TPSA) is 26.0 Å². The average molecular weight is 155 g/mol. The molecule has 1 nitrogen and oxygen atoms in total. The molecule has 1 aliphatic rings. The summed E-state index contributed by atoms with van der Waals surface area (Å²) in [6.07, 6.45) is 5.52. The van der Waals surface area contributed by atoms with Gasteiger partial charge in [0.05, 0.1) is 0 Å². The number of hydrogen-bond donors (Lipinski definition) is 1. The van der Waals surface area contributed by atoms with Gasteiger partial charge >= 0.3 is 0 Å². The maximum absolute atomic E-state index is 5.57. The van der Waals surface area contributed by atoms with Gasteiger partial charge in [0.1, 0.15) is 0 Å². The van der Waals surface area contributed by atoms with Crippen LogP contribution in [0.1, 0.15) is 39.5 Å². The minimum atomic E-state index is 0.877. The van der Waals surface area contributed by atoms with E-state index in [1.54, 1.807) is 0 Å². The normalized spacial score (nSPS) is 39.0. The van der Waals surface area contributed by atoms with Crippen LogP contribution in [0.5, 0.6) is 0 Å². The first-order chi connectivity index (χ1) is 5.25. The Hall–Kier alpha value is -0.0400. The first-order valence-electron chi connectivity index (χ1n) is 4.95. The van der Waals surface area contributed by atoms with Gasteiger partial charge in [0, 0.05) is 0 Å². The van der Waals surface area contributed by atoms with Gasteiger partial charge in [-0.15, -0.1) is 0 Å². The van der Waals surface area contributed by atoms with Crippen LogP contribution in [-0.4, -0.2) is 6.54 Å². The molecular formula is C10H21N. The molecule has 1 rings (SSSR count). The van der Waals surface area contributed by atoms with Crippen molar-refractivity contribution in [2.24, 2.45) is 23.5 Å². The van der Waals surface area contributed by atoms with E-state index in [1.807, 2.05) is 0 Å². The van der Waals surface area contributed by atoms with Gasteiger partial charge in [0.25, 0.3) is 0 Å². The molecule has 0 bridgehead atoms. The molecule has 0 aromatic carbocycles. The monoisotopic (exact) mass is 155 g/mol. The van der Waals surface area contributed by atoms with Crippen LogP contribution in [0.25, 0.3) is 0 Å². The van der Waals surface area contributed by atoms with E-state index in [0.29, 0.717) is 0 Å². The van der Waals surface area contributed by atoms with E-state index in [2.05, 4.69) is 13.8 Å². The van der Waals surface area contributed by atoms with Crippen LogP contribution in [-0.2, 0) is 0 Å². The summed E-state index contributed by atoms with van der Waals surface area (Å²) in [5, 5.41) is 0. The zero-order chi connectivity index (χ0) is 8.27. The Kier molecular flexibility index (Phi) is 3.38. The predicted octanol–water partition coefficient (Wildman–Crippen LogP) is 2.41. The molecule has 0 aromatic heterocycles. The lowest BCUT2D eigenvalue weighted by Gasteiger charge is -2.33. The van der Waals surface area contributed by atoms with Crippen molar-refractivity contribution in [1.82, 2.24) is 0 Å². The lowest BCUT2D eigenvalue weighted by molar-refractivity contribution is 0.175. The van der Waals surface area contributed by atoms with Crippen LogP contribution in [0.15, 0.2) is 0 Å². The van der Waals surface area contributed by atoms with Crippen molar-refractivity contribution in [2.75, 3.05) is 6.54 Å². The van der Waals surface area contributed by atoms with Crippen LogP contribution in [0, 0.1) is 17.8 Å². The number of rotatable bonds is 2. The molecule has 1 aliphatic carbocycles. The van der Waals surface area contributed by atoms with E-state index < -0.39 is 0 Å². The maximum atomic E-state index is 5.57. The summed E-state index contributed by atoms with van der Waals surface area (Å²) in [7, 11) is 0. The molecule has 66 valence electrons. The van der Waals surface area contributed by atoms with Crippen molar-refractivity contribution in [2.45, 2.75) is 39.5 Å². The molecule has 0 heterocycles. The molecule has 0 saturated heterocycles. The van der Waals surface area contributed by atoms with Gasteiger partial charge < -0.3 is 5.73 Å². The second kappa shape index (κ2) is 4.10. The summed E-state index contributed by atoms with van der Waals surface area (Å²) in [5.74, 6) is 2.76. The highest BCUT2D eigenvalue weighted by atomic mass is 14.5. The third kappa shape index (κ3) is 2.19. The van der Waals surface area contributed by atoms with Gasteiger partial charge in [0.2, 0.25) is 0 Å². The zero-order valence-electron chi connectivity index (χ0n) is 7.84. The molecule has 0 aliphatic heterocycles. The van der Waals surface area contributed by atoms with Crippen molar-refractivity contribution in [3.8, 4) is 0 Å². The quantitative estimate of drug-likeness (QED) is 0.651. The van der Waals surface area contributed by atoms with Crippen LogP contribution in [0.3, 0.4) is 0 Å². The highest BCUT2D eigenvalue weighted by Gasteiger charge is 2.25. The Morgan fingerprint density at radius 3 is 2.64 bits per heavy atom. The molecule has 3 atom stereocenters. The third-order valence-corrected chi connectivity index (χ3v) is 3.41. The fourth-order valence-corrected chi connectivity index (χ4v) is 2.31. The van der Waals surface area contributed by atoms with Gasteiger partial charge in [-0.1, -0.05) is 33.1 Å². The number of hydrogen-bond acceptors (Lipinski definition) is 1. The third-order valence-electron chi connectivity index (χ3n) is 3.41. The van der Waals surface area contributed by atoms with Crippen molar-refractivity contribution in [1.29, 1.82) is 0 Å². The second-order valence-electron chi connectivity index (χ2n) is 4.10. The Morgan fingerprint density at radius 1 is 1.27 bits per heavy atom. The van der Waals surface area contributed by atoms with Gasteiger partial charge in [-0.2, -0.15) is 0 Å². The Bertz CT molecular complexity index is 109. The minimum absolute atomic E-state index is 0.877. The van der Waals surface area contributed by atoms with Gasteiger partial charge in [-0.25, -0.2) is 0 Å². The molecule has 0 spiro atoms. The SMILES string of the molecule is CC1CCCC(CCN)C1C. The smallest absolute Gasteiger partial charge is 0.00745 e. The van der Waals surface area contributed by atoms with Gasteiger partial charge in [-0.3, -0.25) is 0 Å². The molecule has 1 fully saturated rings. The Labute approximate surface area is 70.4 Å². The van der Waals surface area contributed by atoms with Crippen molar-refractivity contribution < 1.29 is 0 Å². The molecule has 3 unspecified atom stereocenters. The molecule has 1 saturated carbocycles. The first kappa shape index (κ1) is 9.05. The van der Waals surface area contributed by atoms with Crippen molar-refractivity contribution >= 4 is 0 Å². The van der Waals surface area contributed by atoms with E-state index >= 15 is 0 Å². The summed E-state index contributed by atoms with van der Waals surface area (Å²) >= 11 is 0. The summed E-state index contributed by atoms with van der Waals surface area (Å²) in [6, 6.07) is 0. The fraction of sp³-hybridized carbons (Fsp3) is 1.00. The van der Waals surface area contributed by atoms with E-state index in [4.69, 9.17) is 5.73 Å². The van der Waals surface area contributed by atoms with E-state index in [9.17, 15) is 0 Å². The highest BCUT2D eigenvalue weighted by molar-refractivity contribution is 4.76.